The van der Waals surface area contributed by atoms with Crippen molar-refractivity contribution in [1.29, 1.82) is 0 Å². The lowest BCUT2D eigenvalue weighted by molar-refractivity contribution is -0.138. The lowest BCUT2D eigenvalue weighted by Crippen LogP contribution is -2.20. The highest BCUT2D eigenvalue weighted by molar-refractivity contribution is 5.75. The molecule has 15 heavy (non-hydrogen) atoms. The van der Waals surface area contributed by atoms with Crippen molar-refractivity contribution in [2.24, 2.45) is 5.73 Å². The number of halogens is 1. The van der Waals surface area contributed by atoms with Crippen molar-refractivity contribution in [2.45, 2.75) is 6.04 Å². The average Bonchev–Trinajstić information content (AvgIpc) is 2.19. The van der Waals surface area contributed by atoms with Crippen LogP contribution in [0.4, 0.5) is 4.39 Å². The van der Waals surface area contributed by atoms with Crippen molar-refractivity contribution in [3.8, 4) is 0 Å². The summed E-state index contributed by atoms with van der Waals surface area (Å²) in [5.74, 6) is -1.53. The molecule has 1 aromatic carbocycles. The van der Waals surface area contributed by atoms with Crippen molar-refractivity contribution in [3.05, 3.63) is 35.6 Å². The smallest absolute Gasteiger partial charge is 0.325 e. The number of carbonyl (C=O) groups is 2. The van der Waals surface area contributed by atoms with Gasteiger partial charge < -0.3 is 15.9 Å². The van der Waals surface area contributed by atoms with E-state index in [0.29, 0.717) is 5.56 Å². The summed E-state index contributed by atoms with van der Waals surface area (Å²) in [5.41, 5.74) is 5.66. The molecule has 0 aliphatic rings. The Bertz CT molecular complexity index is 325. The molecule has 1 unspecified atom stereocenters. The van der Waals surface area contributed by atoms with Gasteiger partial charge in [-0.05, 0) is 17.7 Å². The van der Waals surface area contributed by atoms with Crippen molar-refractivity contribution in [1.82, 2.24) is 0 Å². The van der Waals surface area contributed by atoms with Crippen molar-refractivity contribution >= 4 is 12.4 Å². The van der Waals surface area contributed by atoms with E-state index in [1.807, 2.05) is 0 Å². The molecular formula is C9H10FNO4. The number of hydrogen-bond acceptors (Lipinski definition) is 3. The summed E-state index contributed by atoms with van der Waals surface area (Å²) in [7, 11) is 0. The molecule has 0 saturated carbocycles. The highest BCUT2D eigenvalue weighted by Gasteiger charge is 2.13. The van der Waals surface area contributed by atoms with Gasteiger partial charge >= 0.3 is 5.97 Å². The summed E-state index contributed by atoms with van der Waals surface area (Å²) in [5, 5.41) is 15.4. The number of aliphatic carboxylic acids is 1. The Morgan fingerprint density at radius 2 is 1.80 bits per heavy atom. The first-order chi connectivity index (χ1) is 7.02. The zero-order chi connectivity index (χ0) is 11.8. The lowest BCUT2D eigenvalue weighted by Gasteiger charge is -2.05. The fourth-order valence-corrected chi connectivity index (χ4v) is 0.813. The number of rotatable bonds is 2. The van der Waals surface area contributed by atoms with E-state index in [9.17, 15) is 9.18 Å². The molecule has 0 bridgehead atoms. The van der Waals surface area contributed by atoms with Crippen molar-refractivity contribution < 1.29 is 24.2 Å². The van der Waals surface area contributed by atoms with Crippen LogP contribution in [0.15, 0.2) is 24.3 Å². The Morgan fingerprint density at radius 1 is 1.40 bits per heavy atom. The zero-order valence-electron chi connectivity index (χ0n) is 7.63. The second-order valence-electron chi connectivity index (χ2n) is 2.47. The van der Waals surface area contributed by atoms with Gasteiger partial charge in [0.05, 0.1) is 0 Å². The number of nitrogens with two attached hydrogens (primary N) is 1. The van der Waals surface area contributed by atoms with Gasteiger partial charge in [0.1, 0.15) is 11.9 Å². The van der Waals surface area contributed by atoms with E-state index in [4.69, 9.17) is 20.7 Å². The van der Waals surface area contributed by atoms with Gasteiger partial charge in [-0.15, -0.1) is 0 Å². The van der Waals surface area contributed by atoms with Gasteiger partial charge in [-0.2, -0.15) is 0 Å². The minimum absolute atomic E-state index is 0.250. The van der Waals surface area contributed by atoms with Crippen LogP contribution in [-0.2, 0) is 9.59 Å². The van der Waals surface area contributed by atoms with E-state index in [-0.39, 0.29) is 6.47 Å². The van der Waals surface area contributed by atoms with Crippen LogP contribution in [0.2, 0.25) is 0 Å². The van der Waals surface area contributed by atoms with Crippen LogP contribution >= 0.6 is 0 Å². The van der Waals surface area contributed by atoms with E-state index >= 15 is 0 Å². The minimum Gasteiger partial charge on any atom is -0.483 e. The highest BCUT2D eigenvalue weighted by atomic mass is 19.1. The molecule has 4 N–H and O–H groups in total. The van der Waals surface area contributed by atoms with Gasteiger partial charge in [0.15, 0.2) is 0 Å². The normalized spacial score (nSPS) is 10.8. The summed E-state index contributed by atoms with van der Waals surface area (Å²) in [4.78, 5) is 18.7. The van der Waals surface area contributed by atoms with Gasteiger partial charge in [-0.25, -0.2) is 4.39 Å². The zero-order valence-corrected chi connectivity index (χ0v) is 7.63. The summed E-state index contributed by atoms with van der Waals surface area (Å²) in [6, 6.07) is 3.99. The first kappa shape index (κ1) is 13.1. The first-order valence-corrected chi connectivity index (χ1v) is 3.84. The van der Waals surface area contributed by atoms with Gasteiger partial charge in [0, 0.05) is 0 Å². The number of benzene rings is 1. The summed E-state index contributed by atoms with van der Waals surface area (Å²) >= 11 is 0. The predicted molar refractivity (Wildman–Crippen MR) is 49.7 cm³/mol. The van der Waals surface area contributed by atoms with Gasteiger partial charge in [0.2, 0.25) is 0 Å². The molecule has 0 saturated heterocycles. The third-order valence-electron chi connectivity index (χ3n) is 1.50. The molecule has 82 valence electrons. The van der Waals surface area contributed by atoms with E-state index in [1.165, 1.54) is 24.3 Å². The lowest BCUT2D eigenvalue weighted by atomic mass is 10.1. The standard InChI is InChI=1S/C8H8FNO2.CH2O2/c9-6-3-1-5(2-4-6)7(10)8(11)12;2-1-3/h1-4,7H,10H2,(H,11,12);1H,(H,2,3). The third-order valence-corrected chi connectivity index (χ3v) is 1.50. The van der Waals surface area contributed by atoms with Gasteiger partial charge in [0.25, 0.3) is 6.47 Å². The average molecular weight is 215 g/mol. The molecule has 0 heterocycles. The van der Waals surface area contributed by atoms with Crippen LogP contribution in [0.3, 0.4) is 0 Å². The minimum atomic E-state index is -1.12. The van der Waals surface area contributed by atoms with Crippen molar-refractivity contribution in [2.75, 3.05) is 0 Å². The van der Waals surface area contributed by atoms with Crippen LogP contribution < -0.4 is 5.73 Å². The molecule has 0 spiro atoms. The second-order valence-corrected chi connectivity index (χ2v) is 2.47. The molecule has 0 fully saturated rings. The van der Waals surface area contributed by atoms with E-state index in [0.717, 1.165) is 0 Å². The number of hydrogen-bond donors (Lipinski definition) is 3. The van der Waals surface area contributed by atoms with Crippen molar-refractivity contribution in [3.63, 3.8) is 0 Å². The summed E-state index contributed by atoms with van der Waals surface area (Å²) in [6.45, 7) is -0.250. The fourth-order valence-electron chi connectivity index (χ4n) is 0.813. The third kappa shape index (κ3) is 4.72. The van der Waals surface area contributed by atoms with Crippen LogP contribution in [0.5, 0.6) is 0 Å². The van der Waals surface area contributed by atoms with E-state index < -0.39 is 17.8 Å². The molecule has 6 heteroatoms. The van der Waals surface area contributed by atoms with Crippen LogP contribution in [0, 0.1) is 5.82 Å². The van der Waals surface area contributed by atoms with Crippen LogP contribution in [-0.4, -0.2) is 22.7 Å². The maximum Gasteiger partial charge on any atom is 0.325 e. The molecule has 1 rings (SSSR count). The molecule has 1 aromatic rings. The maximum atomic E-state index is 12.4. The Morgan fingerprint density at radius 3 is 2.13 bits per heavy atom. The molecule has 0 amide bonds. The molecule has 1 atom stereocenters. The van der Waals surface area contributed by atoms with E-state index in [1.54, 1.807) is 0 Å². The molecule has 0 radical (unpaired) electrons. The summed E-state index contributed by atoms with van der Waals surface area (Å²) < 4.78 is 12.4. The monoisotopic (exact) mass is 215 g/mol. The second kappa shape index (κ2) is 6.50. The summed E-state index contributed by atoms with van der Waals surface area (Å²) in [6.07, 6.45) is 0. The van der Waals surface area contributed by atoms with Crippen LogP contribution in [0.25, 0.3) is 0 Å². The molecule has 0 aliphatic heterocycles. The topological polar surface area (TPSA) is 101 Å². The largest absolute Gasteiger partial charge is 0.483 e. The van der Waals surface area contributed by atoms with Gasteiger partial charge in [-0.1, -0.05) is 12.1 Å². The first-order valence-electron chi connectivity index (χ1n) is 3.84. The Kier molecular flexibility index (Phi) is 5.65. The molecule has 0 aromatic heterocycles. The van der Waals surface area contributed by atoms with E-state index in [2.05, 4.69) is 0 Å². The highest BCUT2D eigenvalue weighted by Crippen LogP contribution is 2.10. The Hall–Kier alpha value is -1.95. The molecule has 5 nitrogen and oxygen atoms in total. The Labute approximate surface area is 84.9 Å². The van der Waals surface area contributed by atoms with Crippen LogP contribution in [0.1, 0.15) is 11.6 Å². The molecule has 0 aliphatic carbocycles. The SMILES string of the molecule is NC(C(=O)O)c1ccc(F)cc1.O=CO. The molecular weight excluding hydrogens is 205 g/mol. The fraction of sp³-hybridized carbons (Fsp3) is 0.111. The quantitative estimate of drug-likeness (QED) is 0.627. The maximum absolute atomic E-state index is 12.4. The Balaban J connectivity index is 0.000000583. The number of carboxylic acids is 1. The number of carboxylic acid groups (broad SMARTS) is 2. The van der Waals surface area contributed by atoms with Gasteiger partial charge in [-0.3, -0.25) is 9.59 Å². The predicted octanol–water partition coefficient (Wildman–Crippen LogP) is 0.611.